The highest BCUT2D eigenvalue weighted by Gasteiger charge is 2.44. The average Bonchev–Trinajstić information content (AvgIpc) is 3.33. The molecule has 0 bridgehead atoms. The molecule has 2 heterocycles. The summed E-state index contributed by atoms with van der Waals surface area (Å²) in [6.45, 7) is 0.487. The minimum absolute atomic E-state index is 0.0382. The number of aryl methyl sites for hydroxylation is 1. The smallest absolute Gasteiger partial charge is 0.226 e. The lowest BCUT2D eigenvalue weighted by molar-refractivity contribution is -0.135. The Morgan fingerprint density at radius 2 is 2.04 bits per heavy atom. The van der Waals surface area contributed by atoms with E-state index < -0.39 is 5.67 Å². The monoisotopic (exact) mass is 373 g/mol. The zero-order valence-corrected chi connectivity index (χ0v) is 15.6. The Bertz CT molecular complexity index is 830. The lowest BCUT2D eigenvalue weighted by Crippen LogP contribution is -2.38. The molecule has 1 fully saturated rings. The number of amides is 1. The zero-order chi connectivity index (χ0) is 19.0. The van der Waals surface area contributed by atoms with E-state index in [2.05, 4.69) is 10.2 Å². The molecule has 0 saturated carbocycles. The van der Waals surface area contributed by atoms with E-state index in [0.717, 1.165) is 24.1 Å². The number of methoxy groups -OCH3 is 2. The molecular formula is C20H24FN3O3. The second kappa shape index (κ2) is 6.87. The molecule has 7 heteroatoms. The number of rotatable bonds is 4. The molecule has 1 aromatic heterocycles. The lowest BCUT2D eigenvalue weighted by Gasteiger charge is -2.27. The second-order valence-electron chi connectivity index (χ2n) is 7.39. The number of alkyl halides is 1. The SMILES string of the molecule is COc1cc(OC)cc(C2(F)CCN(C(=O)C3CCc4[nH]ncc4C3)C2)c1. The summed E-state index contributed by atoms with van der Waals surface area (Å²) in [7, 11) is 3.09. The first-order valence-electron chi connectivity index (χ1n) is 9.25. The number of hydrogen-bond donors (Lipinski definition) is 1. The number of H-pyrrole nitrogens is 1. The summed E-state index contributed by atoms with van der Waals surface area (Å²) in [5.74, 6) is 1.03. The van der Waals surface area contributed by atoms with Crippen molar-refractivity contribution in [2.24, 2.45) is 5.92 Å². The van der Waals surface area contributed by atoms with Gasteiger partial charge in [0, 0.05) is 30.6 Å². The van der Waals surface area contributed by atoms with Crippen molar-refractivity contribution >= 4 is 5.91 Å². The van der Waals surface area contributed by atoms with Crippen molar-refractivity contribution in [1.82, 2.24) is 15.1 Å². The van der Waals surface area contributed by atoms with Crippen molar-refractivity contribution in [2.45, 2.75) is 31.4 Å². The van der Waals surface area contributed by atoms with Crippen LogP contribution >= 0.6 is 0 Å². The molecule has 1 N–H and O–H groups in total. The van der Waals surface area contributed by atoms with Crippen LogP contribution in [0, 0.1) is 5.92 Å². The minimum atomic E-state index is -1.59. The van der Waals surface area contributed by atoms with Crippen LogP contribution in [0.2, 0.25) is 0 Å². The van der Waals surface area contributed by atoms with Gasteiger partial charge in [-0.1, -0.05) is 0 Å². The normalized spacial score (nSPS) is 24.6. The molecule has 1 aromatic carbocycles. The molecule has 0 spiro atoms. The van der Waals surface area contributed by atoms with Crippen LogP contribution in [0.15, 0.2) is 24.4 Å². The molecule has 2 aromatic rings. The molecule has 0 radical (unpaired) electrons. The molecule has 1 aliphatic heterocycles. The molecule has 4 rings (SSSR count). The predicted octanol–water partition coefficient (Wildman–Crippen LogP) is 2.63. The van der Waals surface area contributed by atoms with Crippen molar-refractivity contribution in [1.29, 1.82) is 0 Å². The van der Waals surface area contributed by atoms with Crippen molar-refractivity contribution in [2.75, 3.05) is 27.3 Å². The molecule has 1 aliphatic carbocycles. The first-order valence-corrected chi connectivity index (χ1v) is 9.25. The average molecular weight is 373 g/mol. The molecule has 1 amide bonds. The maximum atomic E-state index is 15.7. The maximum Gasteiger partial charge on any atom is 0.226 e. The fourth-order valence-electron chi connectivity index (χ4n) is 4.15. The summed E-state index contributed by atoms with van der Waals surface area (Å²) in [5, 5.41) is 7.04. The fraction of sp³-hybridized carbons (Fsp3) is 0.500. The summed E-state index contributed by atoms with van der Waals surface area (Å²) in [4.78, 5) is 14.6. The maximum absolute atomic E-state index is 15.7. The number of likely N-dealkylation sites (tertiary alicyclic amines) is 1. The number of nitrogens with one attached hydrogen (secondary N) is 1. The van der Waals surface area contributed by atoms with Crippen molar-refractivity contribution < 1.29 is 18.7 Å². The van der Waals surface area contributed by atoms with Gasteiger partial charge in [0.1, 0.15) is 11.5 Å². The van der Waals surface area contributed by atoms with Gasteiger partial charge in [0.15, 0.2) is 5.67 Å². The van der Waals surface area contributed by atoms with Crippen LogP contribution in [0.25, 0.3) is 0 Å². The van der Waals surface area contributed by atoms with E-state index >= 15 is 4.39 Å². The highest BCUT2D eigenvalue weighted by atomic mass is 19.1. The Kier molecular flexibility index (Phi) is 4.53. The van der Waals surface area contributed by atoms with Crippen molar-refractivity contribution in [3.05, 3.63) is 41.2 Å². The van der Waals surface area contributed by atoms with Crippen LogP contribution in [0.4, 0.5) is 4.39 Å². The van der Waals surface area contributed by atoms with E-state index in [0.29, 0.717) is 30.0 Å². The van der Waals surface area contributed by atoms with E-state index in [1.165, 1.54) is 0 Å². The van der Waals surface area contributed by atoms with Crippen molar-refractivity contribution in [3.63, 3.8) is 0 Å². The summed E-state index contributed by atoms with van der Waals surface area (Å²) in [6, 6.07) is 5.10. The van der Waals surface area contributed by atoms with Crippen molar-refractivity contribution in [3.8, 4) is 11.5 Å². The Balaban J connectivity index is 1.50. The summed E-state index contributed by atoms with van der Waals surface area (Å²) >= 11 is 0. The lowest BCUT2D eigenvalue weighted by atomic mass is 9.87. The fourth-order valence-corrected chi connectivity index (χ4v) is 4.15. The van der Waals surface area contributed by atoms with E-state index in [9.17, 15) is 4.79 Å². The molecule has 144 valence electrons. The zero-order valence-electron chi connectivity index (χ0n) is 15.6. The first-order chi connectivity index (χ1) is 13.0. The summed E-state index contributed by atoms with van der Waals surface area (Å²) in [6.07, 6.45) is 4.33. The second-order valence-corrected chi connectivity index (χ2v) is 7.39. The van der Waals surface area contributed by atoms with Gasteiger partial charge in [-0.25, -0.2) is 4.39 Å². The number of hydrogen-bond acceptors (Lipinski definition) is 4. The van der Waals surface area contributed by atoms with Gasteiger partial charge in [-0.3, -0.25) is 9.89 Å². The number of nitrogens with zero attached hydrogens (tertiary/aromatic N) is 2. The summed E-state index contributed by atoms with van der Waals surface area (Å²) in [5.41, 5.74) is 1.12. The molecule has 2 aliphatic rings. The van der Waals surface area contributed by atoms with Crippen LogP contribution in [-0.4, -0.2) is 48.3 Å². The van der Waals surface area contributed by atoms with Gasteiger partial charge < -0.3 is 14.4 Å². The first kappa shape index (κ1) is 17.8. The Morgan fingerprint density at radius 3 is 2.74 bits per heavy atom. The minimum Gasteiger partial charge on any atom is -0.497 e. The van der Waals surface area contributed by atoms with Crippen LogP contribution in [-0.2, 0) is 23.3 Å². The van der Waals surface area contributed by atoms with Gasteiger partial charge >= 0.3 is 0 Å². The Morgan fingerprint density at radius 1 is 1.30 bits per heavy atom. The van der Waals surface area contributed by atoms with E-state index in [1.54, 1.807) is 43.5 Å². The van der Waals surface area contributed by atoms with E-state index in [4.69, 9.17) is 9.47 Å². The molecule has 2 atom stereocenters. The van der Waals surface area contributed by atoms with Gasteiger partial charge in [-0.05, 0) is 42.5 Å². The van der Waals surface area contributed by atoms with Crippen LogP contribution < -0.4 is 9.47 Å². The number of aromatic amines is 1. The molecular weight excluding hydrogens is 349 g/mol. The van der Waals surface area contributed by atoms with Gasteiger partial charge in [0.25, 0.3) is 0 Å². The Hall–Kier alpha value is -2.57. The number of aromatic nitrogens is 2. The largest absolute Gasteiger partial charge is 0.497 e. The number of ether oxygens (including phenoxy) is 2. The van der Waals surface area contributed by atoms with Gasteiger partial charge in [0.2, 0.25) is 5.91 Å². The quantitative estimate of drug-likeness (QED) is 0.895. The van der Waals surface area contributed by atoms with Gasteiger partial charge in [-0.2, -0.15) is 5.10 Å². The summed E-state index contributed by atoms with van der Waals surface area (Å²) < 4.78 is 26.2. The van der Waals surface area contributed by atoms with Gasteiger partial charge in [0.05, 0.1) is 27.0 Å². The highest BCUT2D eigenvalue weighted by Crippen LogP contribution is 2.40. The third-order valence-electron chi connectivity index (χ3n) is 5.77. The van der Waals surface area contributed by atoms with Crippen LogP contribution in [0.3, 0.4) is 0 Å². The van der Waals surface area contributed by atoms with Crippen LogP contribution in [0.1, 0.15) is 29.7 Å². The number of halogens is 1. The number of fused-ring (bicyclic) bond motifs is 1. The highest BCUT2D eigenvalue weighted by molar-refractivity contribution is 5.80. The van der Waals surface area contributed by atoms with E-state index in [1.807, 2.05) is 0 Å². The molecule has 1 saturated heterocycles. The predicted molar refractivity (Wildman–Crippen MR) is 97.6 cm³/mol. The topological polar surface area (TPSA) is 67.5 Å². The number of carbonyl (C=O) groups is 1. The van der Waals surface area contributed by atoms with E-state index in [-0.39, 0.29) is 24.8 Å². The Labute approximate surface area is 157 Å². The molecule has 2 unspecified atom stereocenters. The van der Waals surface area contributed by atoms with Gasteiger partial charge in [-0.15, -0.1) is 0 Å². The standard InChI is InChI=1S/C20H24FN3O3/c1-26-16-8-15(9-17(10-16)27-2)20(21)5-6-24(12-20)19(25)13-3-4-18-14(7-13)11-22-23-18/h8-11,13H,3-7,12H2,1-2H3,(H,22,23). The number of carbonyl (C=O) groups excluding carboxylic acids is 1. The third kappa shape index (κ3) is 3.26. The third-order valence-corrected chi connectivity index (χ3v) is 5.77. The molecule has 27 heavy (non-hydrogen) atoms. The number of benzene rings is 1. The van der Waals surface area contributed by atoms with Crippen LogP contribution in [0.5, 0.6) is 11.5 Å². The molecule has 6 nitrogen and oxygen atoms in total.